The summed E-state index contributed by atoms with van der Waals surface area (Å²) < 4.78 is 28.5. The van der Waals surface area contributed by atoms with E-state index in [9.17, 15) is 18.0 Å². The molecular weight excluding hydrogens is 533 g/mol. The van der Waals surface area contributed by atoms with Gasteiger partial charge >= 0.3 is 0 Å². The summed E-state index contributed by atoms with van der Waals surface area (Å²) in [6.45, 7) is 5.22. The van der Waals surface area contributed by atoms with Crippen LogP contribution >= 0.6 is 23.2 Å². The van der Waals surface area contributed by atoms with Gasteiger partial charge in [0.2, 0.25) is 11.8 Å². The monoisotopic (exact) mass is 561 g/mol. The first-order chi connectivity index (χ1) is 17.5. The molecule has 3 aromatic carbocycles. The molecule has 3 rings (SSSR count). The zero-order valence-electron chi connectivity index (χ0n) is 20.8. The highest BCUT2D eigenvalue weighted by Crippen LogP contribution is 2.26. The fourth-order valence-electron chi connectivity index (χ4n) is 3.71. The molecule has 3 aromatic rings. The number of hydrogen-bond acceptors (Lipinski definition) is 4. The van der Waals surface area contributed by atoms with Crippen LogP contribution < -0.4 is 9.62 Å². The highest BCUT2D eigenvalue weighted by molar-refractivity contribution is 7.92. The third-order valence-electron chi connectivity index (χ3n) is 5.76. The van der Waals surface area contributed by atoms with Gasteiger partial charge in [0.25, 0.3) is 10.0 Å². The van der Waals surface area contributed by atoms with Crippen molar-refractivity contribution in [1.29, 1.82) is 0 Å². The summed E-state index contributed by atoms with van der Waals surface area (Å²) in [5, 5.41) is 3.60. The van der Waals surface area contributed by atoms with Gasteiger partial charge in [-0.05, 0) is 74.9 Å². The number of nitrogens with zero attached hydrogens (tertiary/aromatic N) is 2. The summed E-state index contributed by atoms with van der Waals surface area (Å²) in [5.41, 5.74) is 1.97. The van der Waals surface area contributed by atoms with E-state index in [4.69, 9.17) is 23.2 Å². The van der Waals surface area contributed by atoms with Crippen LogP contribution in [-0.2, 0) is 26.2 Å². The average molecular weight is 563 g/mol. The summed E-state index contributed by atoms with van der Waals surface area (Å²) in [5.74, 6) is -0.892. The zero-order chi connectivity index (χ0) is 27.2. The highest BCUT2D eigenvalue weighted by atomic mass is 35.5. The standard InChI is InChI=1S/C27H29Cl2N3O4S/c1-4-30-27(34)20(3)31(17-21-6-5-7-23(29)16-21)26(33)18-32(24-12-8-19(2)9-13-24)37(35,36)25-14-10-22(28)11-15-25/h5-16,20H,4,17-18H2,1-3H3,(H,30,34). The molecule has 0 saturated carbocycles. The predicted molar refractivity (Wildman–Crippen MR) is 147 cm³/mol. The van der Waals surface area contributed by atoms with Gasteiger partial charge in [-0.1, -0.05) is 53.0 Å². The van der Waals surface area contributed by atoms with Gasteiger partial charge in [-0.2, -0.15) is 0 Å². The molecule has 0 spiro atoms. The van der Waals surface area contributed by atoms with Crippen molar-refractivity contribution in [1.82, 2.24) is 10.2 Å². The number of carbonyl (C=O) groups excluding carboxylic acids is 2. The number of halogens is 2. The van der Waals surface area contributed by atoms with E-state index in [1.807, 2.05) is 6.92 Å². The molecule has 7 nitrogen and oxygen atoms in total. The van der Waals surface area contributed by atoms with Crippen LogP contribution in [-0.4, -0.2) is 44.3 Å². The second kappa shape index (κ2) is 12.4. The maximum Gasteiger partial charge on any atom is 0.264 e. The molecule has 1 N–H and O–H groups in total. The first-order valence-corrected chi connectivity index (χ1v) is 13.9. The quantitative estimate of drug-likeness (QED) is 0.375. The van der Waals surface area contributed by atoms with Crippen LogP contribution in [0.15, 0.2) is 77.7 Å². The SMILES string of the molecule is CCNC(=O)C(C)N(Cc1cccc(Cl)c1)C(=O)CN(c1ccc(C)cc1)S(=O)(=O)c1ccc(Cl)cc1. The number of carbonyl (C=O) groups is 2. The van der Waals surface area contributed by atoms with Gasteiger partial charge in [-0.15, -0.1) is 0 Å². The van der Waals surface area contributed by atoms with Gasteiger partial charge < -0.3 is 10.2 Å². The number of benzene rings is 3. The predicted octanol–water partition coefficient (Wildman–Crippen LogP) is 5.05. The van der Waals surface area contributed by atoms with Crippen molar-refractivity contribution >= 4 is 50.7 Å². The molecule has 0 heterocycles. The molecule has 2 amide bonds. The van der Waals surface area contributed by atoms with Crippen molar-refractivity contribution in [2.75, 3.05) is 17.4 Å². The van der Waals surface area contributed by atoms with Crippen LogP contribution in [0.5, 0.6) is 0 Å². The molecule has 0 aromatic heterocycles. The van der Waals surface area contributed by atoms with Crippen LogP contribution in [0.25, 0.3) is 0 Å². The average Bonchev–Trinajstić information content (AvgIpc) is 2.86. The van der Waals surface area contributed by atoms with Gasteiger partial charge in [0.1, 0.15) is 12.6 Å². The lowest BCUT2D eigenvalue weighted by Crippen LogP contribution is -2.51. The topological polar surface area (TPSA) is 86.8 Å². The number of rotatable bonds is 10. The lowest BCUT2D eigenvalue weighted by molar-refractivity contribution is -0.139. The molecule has 1 unspecified atom stereocenters. The van der Waals surface area contributed by atoms with E-state index in [1.165, 1.54) is 29.2 Å². The zero-order valence-corrected chi connectivity index (χ0v) is 23.1. The Kier molecular flexibility index (Phi) is 9.59. The molecule has 0 bridgehead atoms. The molecule has 1 atom stereocenters. The van der Waals surface area contributed by atoms with Crippen LogP contribution in [0.4, 0.5) is 5.69 Å². The summed E-state index contributed by atoms with van der Waals surface area (Å²) in [4.78, 5) is 27.8. The van der Waals surface area contributed by atoms with Crippen LogP contribution in [0, 0.1) is 6.92 Å². The number of aryl methyl sites for hydroxylation is 1. The summed E-state index contributed by atoms with van der Waals surface area (Å²) in [7, 11) is -4.14. The lowest BCUT2D eigenvalue weighted by atomic mass is 10.1. The highest BCUT2D eigenvalue weighted by Gasteiger charge is 2.32. The van der Waals surface area contributed by atoms with Gasteiger partial charge in [-0.25, -0.2) is 8.42 Å². The minimum absolute atomic E-state index is 0.0107. The van der Waals surface area contributed by atoms with Gasteiger partial charge in [0, 0.05) is 23.1 Å². The van der Waals surface area contributed by atoms with E-state index in [2.05, 4.69) is 5.32 Å². The molecule has 0 aliphatic rings. The molecule has 0 radical (unpaired) electrons. The Balaban J connectivity index is 2.02. The molecule has 0 aliphatic heterocycles. The molecular formula is C27H29Cl2N3O4S. The number of nitrogens with one attached hydrogen (secondary N) is 1. The van der Waals surface area contributed by atoms with Crippen molar-refractivity contribution in [2.24, 2.45) is 0 Å². The van der Waals surface area contributed by atoms with Gasteiger partial charge in [0.05, 0.1) is 10.6 Å². The Hall–Kier alpha value is -3.07. The smallest absolute Gasteiger partial charge is 0.264 e. The van der Waals surface area contributed by atoms with Gasteiger partial charge in [0.15, 0.2) is 0 Å². The van der Waals surface area contributed by atoms with E-state index in [1.54, 1.807) is 62.4 Å². The minimum atomic E-state index is -4.14. The van der Waals surface area contributed by atoms with Gasteiger partial charge in [-0.3, -0.25) is 13.9 Å². The van der Waals surface area contributed by atoms with E-state index >= 15 is 0 Å². The van der Waals surface area contributed by atoms with E-state index in [-0.39, 0.29) is 17.3 Å². The number of amides is 2. The van der Waals surface area contributed by atoms with Crippen LogP contribution in [0.1, 0.15) is 25.0 Å². The number of sulfonamides is 1. The number of likely N-dealkylation sites (N-methyl/N-ethyl adjacent to an activating group) is 1. The third-order valence-corrected chi connectivity index (χ3v) is 8.04. The lowest BCUT2D eigenvalue weighted by Gasteiger charge is -2.32. The maximum atomic E-state index is 13.8. The molecule has 0 saturated heterocycles. The van der Waals surface area contributed by atoms with Crippen molar-refractivity contribution in [3.63, 3.8) is 0 Å². The fraction of sp³-hybridized carbons (Fsp3) is 0.259. The molecule has 10 heteroatoms. The minimum Gasteiger partial charge on any atom is -0.355 e. The maximum absolute atomic E-state index is 13.8. The Morgan fingerprint density at radius 3 is 2.19 bits per heavy atom. The molecule has 196 valence electrons. The largest absolute Gasteiger partial charge is 0.355 e. The summed E-state index contributed by atoms with van der Waals surface area (Å²) >= 11 is 12.1. The van der Waals surface area contributed by atoms with Crippen molar-refractivity contribution < 1.29 is 18.0 Å². The summed E-state index contributed by atoms with van der Waals surface area (Å²) in [6.07, 6.45) is 0. The number of anilines is 1. The van der Waals surface area contributed by atoms with Crippen molar-refractivity contribution in [3.05, 3.63) is 94.0 Å². The van der Waals surface area contributed by atoms with Crippen molar-refractivity contribution in [3.8, 4) is 0 Å². The van der Waals surface area contributed by atoms with Crippen molar-refractivity contribution in [2.45, 2.75) is 38.3 Å². The Bertz CT molecular complexity index is 1350. The van der Waals surface area contributed by atoms with E-state index in [0.717, 1.165) is 9.87 Å². The third kappa shape index (κ3) is 7.25. The number of hydrogen-bond donors (Lipinski definition) is 1. The molecule has 37 heavy (non-hydrogen) atoms. The summed E-state index contributed by atoms with van der Waals surface area (Å²) in [6, 6.07) is 18.7. The Morgan fingerprint density at radius 2 is 1.59 bits per heavy atom. The van der Waals surface area contributed by atoms with E-state index in [0.29, 0.717) is 27.8 Å². The normalized spacial score (nSPS) is 12.0. The fourth-order valence-corrected chi connectivity index (χ4v) is 5.46. The molecule has 0 fully saturated rings. The first-order valence-electron chi connectivity index (χ1n) is 11.7. The van der Waals surface area contributed by atoms with E-state index < -0.39 is 28.5 Å². The Labute approximate surface area is 228 Å². The second-order valence-electron chi connectivity index (χ2n) is 8.52. The second-order valence-corrected chi connectivity index (χ2v) is 11.3. The Morgan fingerprint density at radius 1 is 0.946 bits per heavy atom. The van der Waals surface area contributed by atoms with Crippen LogP contribution in [0.3, 0.4) is 0 Å². The first kappa shape index (κ1) is 28.5. The van der Waals surface area contributed by atoms with Crippen LogP contribution in [0.2, 0.25) is 10.0 Å². The molecule has 0 aliphatic carbocycles.